The number of hydrogen-bond donors (Lipinski definition) is 0. The van der Waals surface area contributed by atoms with Crippen molar-refractivity contribution in [2.75, 3.05) is 0 Å². The van der Waals surface area contributed by atoms with Crippen LogP contribution >= 0.6 is 0 Å². The van der Waals surface area contributed by atoms with Crippen molar-refractivity contribution in [2.45, 2.75) is 34.1 Å². The maximum absolute atomic E-state index is 8.55. The molecule has 0 unspecified atom stereocenters. The van der Waals surface area contributed by atoms with Gasteiger partial charge in [-0.3, -0.25) is 0 Å². The molecule has 0 aliphatic carbocycles. The molecular weight excluding hydrogens is 344 g/mol. The number of rotatable bonds is 3. The summed E-state index contributed by atoms with van der Waals surface area (Å²) in [5.41, 5.74) is 5.91. The molecule has 2 aromatic heterocycles. The maximum atomic E-state index is 8.55. The highest BCUT2D eigenvalue weighted by molar-refractivity contribution is 6.11. The van der Waals surface area contributed by atoms with Crippen LogP contribution in [0.3, 0.4) is 0 Å². The number of fused-ring (bicyclic) bond motifs is 3. The van der Waals surface area contributed by atoms with Crippen molar-refractivity contribution in [2.24, 2.45) is 13.0 Å². The van der Waals surface area contributed by atoms with Crippen molar-refractivity contribution in [1.29, 1.82) is 0 Å². The first-order chi connectivity index (χ1) is 14.6. The summed E-state index contributed by atoms with van der Waals surface area (Å²) in [5, 5.41) is 1.93. The molecule has 4 rings (SSSR count). The normalized spacial score (nSPS) is 13.5. The van der Waals surface area contributed by atoms with Gasteiger partial charge in [0.05, 0.1) is 12.1 Å². The third kappa shape index (κ3) is 2.96. The molecule has 0 bridgehead atoms. The van der Waals surface area contributed by atoms with E-state index >= 15 is 0 Å². The Balaban J connectivity index is 2.11. The fourth-order valence-electron chi connectivity index (χ4n) is 3.82. The van der Waals surface area contributed by atoms with E-state index in [1.54, 1.807) is 16.7 Å². The van der Waals surface area contributed by atoms with Gasteiger partial charge in [-0.2, -0.15) is 0 Å². The molecule has 4 aromatic rings. The number of pyridine rings is 1. The molecule has 2 heterocycles. The summed E-state index contributed by atoms with van der Waals surface area (Å²) in [4.78, 5) is 3.55. The first-order valence-electron chi connectivity index (χ1n) is 10.9. The lowest BCUT2D eigenvalue weighted by atomic mass is 9.97. The van der Waals surface area contributed by atoms with Gasteiger partial charge in [0.25, 0.3) is 0 Å². The molecule has 28 heavy (non-hydrogen) atoms. The van der Waals surface area contributed by atoms with Gasteiger partial charge in [-0.05, 0) is 48.9 Å². The van der Waals surface area contributed by atoms with E-state index in [0.29, 0.717) is 22.4 Å². The Bertz CT molecular complexity index is 1390. The van der Waals surface area contributed by atoms with Gasteiger partial charge < -0.3 is 4.42 Å². The molecule has 0 fully saturated rings. The van der Waals surface area contributed by atoms with Crippen LogP contribution in [0.5, 0.6) is 0 Å². The molecule has 140 valence electrons. The first-order valence-corrected chi connectivity index (χ1v) is 9.41. The Labute approximate surface area is 170 Å². The predicted octanol–water partition coefficient (Wildman–Crippen LogP) is 6.44. The van der Waals surface area contributed by atoms with Crippen molar-refractivity contribution in [1.82, 2.24) is 0 Å². The average molecular weight is 373 g/mol. The van der Waals surface area contributed by atoms with Crippen LogP contribution in [0, 0.1) is 26.3 Å². The minimum Gasteiger partial charge on any atom is -0.456 e. The van der Waals surface area contributed by atoms with Crippen molar-refractivity contribution >= 4 is 27.6 Å². The van der Waals surface area contributed by atoms with E-state index in [1.165, 1.54) is 0 Å². The van der Waals surface area contributed by atoms with E-state index in [0.717, 1.165) is 33.2 Å². The lowest BCUT2D eigenvalue weighted by molar-refractivity contribution is -0.660. The zero-order chi connectivity index (χ0) is 22.7. The second-order valence-electron chi connectivity index (χ2n) is 7.60. The van der Waals surface area contributed by atoms with E-state index in [2.05, 4.69) is 4.85 Å². The molecule has 0 radical (unpaired) electrons. The van der Waals surface area contributed by atoms with Crippen LogP contribution in [0.4, 0.5) is 5.69 Å². The summed E-state index contributed by atoms with van der Waals surface area (Å²) < 4.78 is 33.6. The Morgan fingerprint density at radius 1 is 1.18 bits per heavy atom. The first kappa shape index (κ1) is 14.9. The molecular formula is C25H25N2O+. The fraction of sp³-hybridized carbons (Fsp3) is 0.280. The summed E-state index contributed by atoms with van der Waals surface area (Å²) in [6.45, 7) is 15.0. The largest absolute Gasteiger partial charge is 0.456 e. The SMILES string of the molecule is [2H]c1cc(C([2H])([2H])C(C)C)cc(-c2c(C)ccc3c2oc2cc([N+]#[C-])cc(C)c23)[n+]1C. The number of benzene rings is 2. The summed E-state index contributed by atoms with van der Waals surface area (Å²) in [6.07, 6.45) is -1.33. The van der Waals surface area contributed by atoms with Gasteiger partial charge in [0.2, 0.25) is 5.69 Å². The Morgan fingerprint density at radius 3 is 2.68 bits per heavy atom. The zero-order valence-corrected chi connectivity index (χ0v) is 16.8. The number of nitrogens with zero attached hydrogens (tertiary/aromatic N) is 2. The van der Waals surface area contributed by atoms with Gasteiger partial charge >= 0.3 is 0 Å². The highest BCUT2D eigenvalue weighted by Gasteiger charge is 2.22. The number of aromatic nitrogens is 1. The van der Waals surface area contributed by atoms with E-state index < -0.39 is 6.37 Å². The second kappa shape index (κ2) is 6.80. The molecule has 0 saturated carbocycles. The zero-order valence-electron chi connectivity index (χ0n) is 19.8. The molecule has 0 aliphatic heterocycles. The van der Waals surface area contributed by atoms with Crippen molar-refractivity contribution in [3.63, 3.8) is 0 Å². The van der Waals surface area contributed by atoms with Crippen molar-refractivity contribution < 1.29 is 13.1 Å². The van der Waals surface area contributed by atoms with Gasteiger partial charge in [0.15, 0.2) is 11.9 Å². The van der Waals surface area contributed by atoms with Crippen molar-refractivity contribution in [3.8, 4) is 11.3 Å². The Morgan fingerprint density at radius 2 is 1.96 bits per heavy atom. The highest BCUT2D eigenvalue weighted by Crippen LogP contribution is 2.39. The summed E-state index contributed by atoms with van der Waals surface area (Å²) in [7, 11) is 1.82. The topological polar surface area (TPSA) is 21.4 Å². The van der Waals surface area contributed by atoms with E-state index in [4.69, 9.17) is 15.1 Å². The highest BCUT2D eigenvalue weighted by atomic mass is 16.3. The summed E-state index contributed by atoms with van der Waals surface area (Å²) in [6, 6.07) is 11.1. The van der Waals surface area contributed by atoms with E-state index in [1.807, 2.05) is 59.0 Å². The quantitative estimate of drug-likeness (QED) is 0.299. The molecule has 0 N–H and O–H groups in total. The molecule has 0 atom stereocenters. The van der Waals surface area contributed by atoms with Crippen LogP contribution in [0.25, 0.3) is 38.0 Å². The third-order valence-electron chi connectivity index (χ3n) is 5.04. The van der Waals surface area contributed by atoms with Crippen LogP contribution in [-0.2, 0) is 13.4 Å². The summed E-state index contributed by atoms with van der Waals surface area (Å²) >= 11 is 0. The molecule has 0 spiro atoms. The molecule has 0 aliphatic rings. The monoisotopic (exact) mass is 372 g/mol. The molecule has 0 amide bonds. The van der Waals surface area contributed by atoms with Crippen LogP contribution in [0.2, 0.25) is 0 Å². The van der Waals surface area contributed by atoms with Gasteiger partial charge in [-0.25, -0.2) is 9.41 Å². The van der Waals surface area contributed by atoms with Crippen LogP contribution in [-0.4, -0.2) is 0 Å². The minimum atomic E-state index is -1.56. The van der Waals surface area contributed by atoms with E-state index in [9.17, 15) is 0 Å². The van der Waals surface area contributed by atoms with Crippen molar-refractivity contribution in [3.05, 3.63) is 70.7 Å². The standard InChI is InChI=1S/C25H25N2O/c1-15(2)11-18-9-10-27(6)21(13-18)24-16(3)7-8-20-23-17(4)12-19(26-5)14-22(23)28-25(20)24/h7-10,12-15H,11H2,1-4,6H3/q+1/i10D,11D2. The van der Waals surface area contributed by atoms with Gasteiger partial charge in [-0.1, -0.05) is 32.0 Å². The van der Waals surface area contributed by atoms with Gasteiger partial charge in [0, 0.05) is 25.6 Å². The number of furan rings is 1. The molecule has 3 nitrogen and oxygen atoms in total. The Hall–Kier alpha value is -3.12. The predicted molar refractivity (Wildman–Crippen MR) is 115 cm³/mol. The minimum absolute atomic E-state index is 0.231. The average Bonchev–Trinajstić information content (AvgIpc) is 3.08. The van der Waals surface area contributed by atoms with Crippen LogP contribution in [0.1, 0.15) is 34.7 Å². The molecule has 0 saturated heterocycles. The Kier molecular flexibility index (Phi) is 3.61. The van der Waals surface area contributed by atoms with Crippen LogP contribution in [0.15, 0.2) is 47.0 Å². The number of hydrogen-bond acceptors (Lipinski definition) is 1. The second-order valence-corrected chi connectivity index (χ2v) is 7.60. The third-order valence-corrected chi connectivity index (χ3v) is 5.04. The molecule has 3 heteroatoms. The summed E-state index contributed by atoms with van der Waals surface area (Å²) in [5.74, 6) is -0.231. The lowest BCUT2D eigenvalue weighted by Crippen LogP contribution is -2.31. The smallest absolute Gasteiger partial charge is 0.216 e. The maximum Gasteiger partial charge on any atom is 0.216 e. The van der Waals surface area contributed by atoms with Gasteiger partial charge in [-0.15, -0.1) is 0 Å². The fourth-order valence-corrected chi connectivity index (χ4v) is 3.82. The van der Waals surface area contributed by atoms with Gasteiger partial charge in [0.1, 0.15) is 19.6 Å². The number of aryl methyl sites for hydroxylation is 2. The lowest BCUT2D eigenvalue weighted by Gasteiger charge is -2.09. The van der Waals surface area contributed by atoms with Crippen LogP contribution < -0.4 is 4.57 Å². The molecule has 2 aromatic carbocycles. The van der Waals surface area contributed by atoms with E-state index in [-0.39, 0.29) is 12.1 Å².